The van der Waals surface area contributed by atoms with Gasteiger partial charge in [0.1, 0.15) is 5.60 Å². The standard InChI is InChI=1S/C14H25N3O/c1-7-18-14(5,6)12-15-9-8-11(17-12)10-16-13(2,3)4/h8-9,16H,7,10H2,1-6H3. The molecule has 1 heterocycles. The Morgan fingerprint density at radius 1 is 1.22 bits per heavy atom. The van der Waals surface area contributed by atoms with Crippen molar-refractivity contribution >= 4 is 0 Å². The van der Waals surface area contributed by atoms with Crippen molar-refractivity contribution in [3.05, 3.63) is 23.8 Å². The van der Waals surface area contributed by atoms with Crippen molar-refractivity contribution in [2.24, 2.45) is 0 Å². The van der Waals surface area contributed by atoms with E-state index < -0.39 is 5.60 Å². The third-order valence-electron chi connectivity index (χ3n) is 2.56. The first kappa shape index (κ1) is 15.1. The Hall–Kier alpha value is -1.00. The summed E-state index contributed by atoms with van der Waals surface area (Å²) < 4.78 is 5.67. The van der Waals surface area contributed by atoms with E-state index in [0.29, 0.717) is 6.61 Å². The van der Waals surface area contributed by atoms with Crippen molar-refractivity contribution < 1.29 is 4.74 Å². The number of nitrogens with one attached hydrogen (secondary N) is 1. The van der Waals surface area contributed by atoms with Crippen LogP contribution >= 0.6 is 0 Å². The molecule has 0 aliphatic heterocycles. The van der Waals surface area contributed by atoms with Gasteiger partial charge in [0.15, 0.2) is 5.82 Å². The monoisotopic (exact) mass is 251 g/mol. The molecule has 0 bridgehead atoms. The van der Waals surface area contributed by atoms with Crippen molar-refractivity contribution in [1.82, 2.24) is 15.3 Å². The molecule has 0 saturated carbocycles. The molecule has 18 heavy (non-hydrogen) atoms. The first-order valence-corrected chi connectivity index (χ1v) is 6.46. The van der Waals surface area contributed by atoms with Crippen LogP contribution in [0.1, 0.15) is 53.1 Å². The van der Waals surface area contributed by atoms with Crippen molar-refractivity contribution in [1.29, 1.82) is 0 Å². The number of aromatic nitrogens is 2. The number of hydrogen-bond donors (Lipinski definition) is 1. The first-order chi connectivity index (χ1) is 8.24. The van der Waals surface area contributed by atoms with Gasteiger partial charge in [0.2, 0.25) is 0 Å². The molecule has 0 aromatic carbocycles. The summed E-state index contributed by atoms with van der Waals surface area (Å²) in [6.45, 7) is 13.8. The van der Waals surface area contributed by atoms with E-state index in [1.54, 1.807) is 6.20 Å². The van der Waals surface area contributed by atoms with Crippen LogP contribution < -0.4 is 5.32 Å². The van der Waals surface area contributed by atoms with Gasteiger partial charge in [0.05, 0.1) is 5.69 Å². The SMILES string of the molecule is CCOC(C)(C)c1nccc(CNC(C)(C)C)n1. The Balaban J connectivity index is 2.79. The minimum absolute atomic E-state index is 0.0839. The normalized spacial score (nSPS) is 12.8. The fourth-order valence-corrected chi connectivity index (χ4v) is 1.57. The molecule has 0 atom stereocenters. The van der Waals surface area contributed by atoms with E-state index in [4.69, 9.17) is 4.74 Å². The van der Waals surface area contributed by atoms with E-state index in [-0.39, 0.29) is 5.54 Å². The smallest absolute Gasteiger partial charge is 0.159 e. The molecule has 102 valence electrons. The van der Waals surface area contributed by atoms with Gasteiger partial charge in [0.25, 0.3) is 0 Å². The predicted molar refractivity (Wildman–Crippen MR) is 73.3 cm³/mol. The van der Waals surface area contributed by atoms with Crippen molar-refractivity contribution in [2.75, 3.05) is 6.61 Å². The van der Waals surface area contributed by atoms with E-state index in [2.05, 4.69) is 36.1 Å². The highest BCUT2D eigenvalue weighted by atomic mass is 16.5. The zero-order chi connectivity index (χ0) is 13.8. The maximum Gasteiger partial charge on any atom is 0.159 e. The minimum Gasteiger partial charge on any atom is -0.368 e. The summed E-state index contributed by atoms with van der Waals surface area (Å²) in [5.41, 5.74) is 0.634. The highest BCUT2D eigenvalue weighted by Gasteiger charge is 2.24. The quantitative estimate of drug-likeness (QED) is 0.874. The zero-order valence-corrected chi connectivity index (χ0v) is 12.4. The summed E-state index contributed by atoms with van der Waals surface area (Å²) in [6.07, 6.45) is 1.79. The van der Waals surface area contributed by atoms with Crippen LogP contribution in [0.2, 0.25) is 0 Å². The summed E-state index contributed by atoms with van der Waals surface area (Å²) >= 11 is 0. The van der Waals surface area contributed by atoms with Gasteiger partial charge in [-0.1, -0.05) is 0 Å². The lowest BCUT2D eigenvalue weighted by Crippen LogP contribution is -2.35. The maximum atomic E-state index is 5.67. The molecule has 0 spiro atoms. The number of rotatable bonds is 5. The van der Waals surface area contributed by atoms with Crippen molar-refractivity contribution in [3.63, 3.8) is 0 Å². The molecular weight excluding hydrogens is 226 g/mol. The lowest BCUT2D eigenvalue weighted by atomic mass is 10.1. The summed E-state index contributed by atoms with van der Waals surface area (Å²) in [5, 5.41) is 3.42. The Morgan fingerprint density at radius 3 is 2.44 bits per heavy atom. The van der Waals surface area contributed by atoms with E-state index in [1.165, 1.54) is 0 Å². The maximum absolute atomic E-state index is 5.67. The van der Waals surface area contributed by atoms with Crippen LogP contribution in [-0.4, -0.2) is 22.1 Å². The van der Waals surface area contributed by atoms with E-state index in [9.17, 15) is 0 Å². The van der Waals surface area contributed by atoms with Gasteiger partial charge in [-0.15, -0.1) is 0 Å². The second kappa shape index (κ2) is 5.76. The van der Waals surface area contributed by atoms with Gasteiger partial charge < -0.3 is 10.1 Å². The molecule has 0 amide bonds. The zero-order valence-electron chi connectivity index (χ0n) is 12.4. The highest BCUT2D eigenvalue weighted by molar-refractivity contribution is 5.07. The van der Waals surface area contributed by atoms with Gasteiger partial charge in [-0.3, -0.25) is 0 Å². The number of ether oxygens (including phenoxy) is 1. The Kier molecular flexibility index (Phi) is 4.82. The second-order valence-electron chi connectivity index (χ2n) is 5.92. The van der Waals surface area contributed by atoms with Gasteiger partial charge in [0, 0.05) is 24.9 Å². The first-order valence-electron chi connectivity index (χ1n) is 6.46. The Bertz CT molecular complexity index is 383. The second-order valence-corrected chi connectivity index (χ2v) is 5.92. The average Bonchev–Trinajstić information content (AvgIpc) is 2.26. The van der Waals surface area contributed by atoms with Crippen LogP contribution in [0, 0.1) is 0 Å². The van der Waals surface area contributed by atoms with Crippen LogP contribution in [0.4, 0.5) is 0 Å². The largest absolute Gasteiger partial charge is 0.368 e. The van der Waals surface area contributed by atoms with Gasteiger partial charge >= 0.3 is 0 Å². The van der Waals surface area contributed by atoms with Crippen LogP contribution in [0.25, 0.3) is 0 Å². The van der Waals surface area contributed by atoms with Crippen LogP contribution in [-0.2, 0) is 16.9 Å². The van der Waals surface area contributed by atoms with E-state index >= 15 is 0 Å². The molecule has 1 N–H and O–H groups in total. The lowest BCUT2D eigenvalue weighted by Gasteiger charge is -2.24. The third-order valence-corrected chi connectivity index (χ3v) is 2.56. The summed E-state index contributed by atoms with van der Waals surface area (Å²) in [5.74, 6) is 0.734. The van der Waals surface area contributed by atoms with Crippen molar-refractivity contribution in [3.8, 4) is 0 Å². The molecule has 1 rings (SSSR count). The topological polar surface area (TPSA) is 47.0 Å². The summed E-state index contributed by atoms with van der Waals surface area (Å²) in [7, 11) is 0. The average molecular weight is 251 g/mol. The van der Waals surface area contributed by atoms with Gasteiger partial charge in [-0.05, 0) is 47.6 Å². The minimum atomic E-state index is -0.438. The van der Waals surface area contributed by atoms with Gasteiger partial charge in [-0.2, -0.15) is 0 Å². The van der Waals surface area contributed by atoms with Crippen LogP contribution in [0.15, 0.2) is 12.3 Å². The predicted octanol–water partition coefficient (Wildman–Crippen LogP) is 2.64. The van der Waals surface area contributed by atoms with Crippen LogP contribution in [0.3, 0.4) is 0 Å². The van der Waals surface area contributed by atoms with E-state index in [0.717, 1.165) is 18.1 Å². The molecule has 4 heteroatoms. The molecule has 0 aliphatic carbocycles. The summed E-state index contributed by atoms with van der Waals surface area (Å²) in [4.78, 5) is 8.88. The highest BCUT2D eigenvalue weighted by Crippen LogP contribution is 2.20. The molecule has 0 saturated heterocycles. The molecule has 0 aliphatic rings. The van der Waals surface area contributed by atoms with Crippen molar-refractivity contribution in [2.45, 2.75) is 59.2 Å². The van der Waals surface area contributed by atoms with E-state index in [1.807, 2.05) is 26.8 Å². The Morgan fingerprint density at radius 2 is 1.89 bits per heavy atom. The lowest BCUT2D eigenvalue weighted by molar-refractivity contribution is -0.0209. The molecule has 0 radical (unpaired) electrons. The van der Waals surface area contributed by atoms with Gasteiger partial charge in [-0.25, -0.2) is 9.97 Å². The third kappa shape index (κ3) is 4.70. The molecule has 0 fully saturated rings. The molecule has 0 unspecified atom stereocenters. The fraction of sp³-hybridized carbons (Fsp3) is 0.714. The number of nitrogens with zero attached hydrogens (tertiary/aromatic N) is 2. The van der Waals surface area contributed by atoms with Crippen LogP contribution in [0.5, 0.6) is 0 Å². The molecule has 1 aromatic rings. The summed E-state index contributed by atoms with van der Waals surface area (Å²) in [6, 6.07) is 1.93. The number of hydrogen-bond acceptors (Lipinski definition) is 4. The fourth-order valence-electron chi connectivity index (χ4n) is 1.57. The molecule has 4 nitrogen and oxygen atoms in total. The molecular formula is C14H25N3O. The Labute approximate surface area is 110 Å². The molecule has 1 aromatic heterocycles.